The average Bonchev–Trinajstić information content (AvgIpc) is 2.52. The molecule has 2 aromatic rings. The number of nitrogens with two attached hydrogens (primary N) is 1. The number of carbonyl (C=O) groups is 1. The summed E-state index contributed by atoms with van der Waals surface area (Å²) in [6.07, 6.45) is 3.35. The van der Waals surface area contributed by atoms with E-state index in [9.17, 15) is 4.79 Å². The van der Waals surface area contributed by atoms with Gasteiger partial charge in [-0.05, 0) is 28.9 Å². The number of ketones is 1. The second-order valence-electron chi connectivity index (χ2n) is 3.19. The molecule has 0 saturated heterocycles. The number of nitrogens with zero attached hydrogens (tertiary/aromatic N) is 3. The third kappa shape index (κ3) is 1.66. The molecule has 6 heteroatoms. The summed E-state index contributed by atoms with van der Waals surface area (Å²) in [7, 11) is 0. The minimum absolute atomic E-state index is 0.164. The second-order valence-corrected chi connectivity index (χ2v) is 3.94. The minimum atomic E-state index is -0.554. The lowest BCUT2D eigenvalue weighted by atomic mass is 10.2. The van der Waals surface area contributed by atoms with Gasteiger partial charge in [-0.15, -0.1) is 0 Å². The molecule has 0 saturated carbocycles. The Kier molecular flexibility index (Phi) is 2.54. The number of aromatic nitrogens is 3. The predicted molar refractivity (Wildman–Crippen MR) is 58.7 cm³/mol. The summed E-state index contributed by atoms with van der Waals surface area (Å²) in [5.74, 6) is 0.316. The van der Waals surface area contributed by atoms with E-state index in [4.69, 9.17) is 5.73 Å². The van der Waals surface area contributed by atoms with Gasteiger partial charge < -0.3 is 5.73 Å². The first-order chi connectivity index (χ1) is 7.11. The van der Waals surface area contributed by atoms with E-state index in [0.717, 1.165) is 0 Å². The molecule has 0 bridgehead atoms. The molecule has 2 heterocycles. The van der Waals surface area contributed by atoms with Gasteiger partial charge in [0, 0.05) is 12.4 Å². The van der Waals surface area contributed by atoms with E-state index in [1.807, 2.05) is 0 Å². The molecule has 15 heavy (non-hydrogen) atoms. The van der Waals surface area contributed by atoms with Crippen LogP contribution < -0.4 is 5.73 Å². The largest absolute Gasteiger partial charge is 0.321 e. The molecule has 0 aliphatic rings. The Labute approximate surface area is 94.5 Å². The molecular formula is C9H9BrN4O. The highest BCUT2D eigenvalue weighted by Crippen LogP contribution is 2.18. The van der Waals surface area contributed by atoms with Gasteiger partial charge in [-0.2, -0.15) is 0 Å². The van der Waals surface area contributed by atoms with Crippen molar-refractivity contribution in [3.63, 3.8) is 0 Å². The van der Waals surface area contributed by atoms with Crippen LogP contribution in [0.3, 0.4) is 0 Å². The minimum Gasteiger partial charge on any atom is -0.321 e. The van der Waals surface area contributed by atoms with E-state index < -0.39 is 6.04 Å². The summed E-state index contributed by atoms with van der Waals surface area (Å²) < 4.78 is 2.10. The molecule has 2 N–H and O–H groups in total. The van der Waals surface area contributed by atoms with Crippen LogP contribution in [0, 0.1) is 0 Å². The molecule has 5 nitrogen and oxygen atoms in total. The van der Waals surface area contributed by atoms with Crippen LogP contribution in [0.25, 0.3) is 5.78 Å². The highest BCUT2D eigenvalue weighted by molar-refractivity contribution is 9.10. The number of carbonyl (C=O) groups excluding carboxylic acids is 1. The van der Waals surface area contributed by atoms with Crippen LogP contribution in [0.2, 0.25) is 0 Å². The van der Waals surface area contributed by atoms with Crippen molar-refractivity contribution >= 4 is 27.5 Å². The highest BCUT2D eigenvalue weighted by Gasteiger charge is 2.20. The van der Waals surface area contributed by atoms with Crippen LogP contribution in [0.4, 0.5) is 0 Å². The number of hydrogen-bond acceptors (Lipinski definition) is 4. The van der Waals surface area contributed by atoms with Gasteiger partial charge in [0.2, 0.25) is 5.78 Å². The SMILES string of the molecule is CC(N)C(=O)c1c(Br)nc2ncccn12. The first kappa shape index (κ1) is 10.3. The lowest BCUT2D eigenvalue weighted by molar-refractivity contribution is 0.0961. The molecule has 0 fully saturated rings. The molecule has 1 unspecified atom stereocenters. The summed E-state index contributed by atoms with van der Waals surface area (Å²) in [5.41, 5.74) is 5.99. The molecule has 2 rings (SSSR count). The summed E-state index contributed by atoms with van der Waals surface area (Å²) in [4.78, 5) is 19.9. The molecule has 0 radical (unpaired) electrons. The quantitative estimate of drug-likeness (QED) is 0.826. The molecule has 0 amide bonds. The Morgan fingerprint density at radius 1 is 1.67 bits per heavy atom. The van der Waals surface area contributed by atoms with Gasteiger partial charge in [-0.1, -0.05) is 0 Å². The Bertz CT molecular complexity index is 520. The number of rotatable bonds is 2. The summed E-state index contributed by atoms with van der Waals surface area (Å²) in [5, 5.41) is 0. The van der Waals surface area contributed by atoms with Crippen molar-refractivity contribution in [2.45, 2.75) is 13.0 Å². The fraction of sp³-hybridized carbons (Fsp3) is 0.222. The van der Waals surface area contributed by atoms with Crippen LogP contribution in [0.15, 0.2) is 23.1 Å². The fourth-order valence-electron chi connectivity index (χ4n) is 1.30. The van der Waals surface area contributed by atoms with Gasteiger partial charge in [0.15, 0.2) is 5.78 Å². The van der Waals surface area contributed by atoms with Crippen molar-refractivity contribution in [3.05, 3.63) is 28.8 Å². The van der Waals surface area contributed by atoms with E-state index >= 15 is 0 Å². The lowest BCUT2D eigenvalue weighted by Crippen LogP contribution is -2.28. The van der Waals surface area contributed by atoms with Crippen molar-refractivity contribution < 1.29 is 4.79 Å². The average molecular weight is 269 g/mol. The van der Waals surface area contributed by atoms with E-state index in [1.165, 1.54) is 0 Å². The summed E-state index contributed by atoms with van der Waals surface area (Å²) in [6.45, 7) is 1.64. The molecule has 0 spiro atoms. The van der Waals surface area contributed by atoms with Crippen LogP contribution in [0.1, 0.15) is 17.4 Å². The maximum Gasteiger partial charge on any atom is 0.235 e. The van der Waals surface area contributed by atoms with Crippen molar-refractivity contribution in [2.75, 3.05) is 0 Å². The smallest absolute Gasteiger partial charge is 0.235 e. The predicted octanol–water partition coefficient (Wildman–Crippen LogP) is 1.02. The standard InChI is InChI=1S/C9H9BrN4O/c1-5(11)7(15)6-8(10)13-9-12-3-2-4-14(6)9/h2-5H,11H2,1H3. The van der Waals surface area contributed by atoms with Crippen LogP contribution in [-0.4, -0.2) is 26.2 Å². The first-order valence-corrected chi connectivity index (χ1v) is 5.19. The molecule has 78 valence electrons. The molecule has 2 aromatic heterocycles. The van der Waals surface area contributed by atoms with E-state index in [-0.39, 0.29) is 5.78 Å². The monoisotopic (exact) mass is 268 g/mol. The Balaban J connectivity index is 2.69. The van der Waals surface area contributed by atoms with Crippen molar-refractivity contribution in [1.82, 2.24) is 14.4 Å². The first-order valence-electron chi connectivity index (χ1n) is 4.39. The van der Waals surface area contributed by atoms with Crippen LogP contribution >= 0.6 is 15.9 Å². The highest BCUT2D eigenvalue weighted by atomic mass is 79.9. The number of fused-ring (bicyclic) bond motifs is 1. The fourth-order valence-corrected chi connectivity index (χ4v) is 1.84. The number of halogens is 1. The normalized spacial score (nSPS) is 13.0. The third-order valence-corrected chi connectivity index (χ3v) is 2.56. The van der Waals surface area contributed by atoms with Gasteiger partial charge >= 0.3 is 0 Å². The maximum absolute atomic E-state index is 11.8. The Morgan fingerprint density at radius 2 is 2.40 bits per heavy atom. The van der Waals surface area contributed by atoms with Crippen LogP contribution in [0.5, 0.6) is 0 Å². The van der Waals surface area contributed by atoms with Gasteiger partial charge in [0.1, 0.15) is 10.3 Å². The Morgan fingerprint density at radius 3 is 3.07 bits per heavy atom. The van der Waals surface area contributed by atoms with Gasteiger partial charge in [-0.25, -0.2) is 9.97 Å². The molecule has 1 atom stereocenters. The van der Waals surface area contributed by atoms with E-state index in [2.05, 4.69) is 25.9 Å². The summed E-state index contributed by atoms with van der Waals surface area (Å²) in [6, 6.07) is 1.18. The zero-order valence-corrected chi connectivity index (χ0v) is 9.60. The second kappa shape index (κ2) is 3.71. The van der Waals surface area contributed by atoms with Crippen molar-refractivity contribution in [3.8, 4) is 0 Å². The third-order valence-electron chi connectivity index (χ3n) is 2.01. The van der Waals surface area contributed by atoms with Gasteiger partial charge in [0.05, 0.1) is 6.04 Å². The molecule has 0 aromatic carbocycles. The zero-order valence-electron chi connectivity index (χ0n) is 8.01. The van der Waals surface area contributed by atoms with Gasteiger partial charge in [-0.3, -0.25) is 9.20 Å². The molecule has 0 aliphatic carbocycles. The topological polar surface area (TPSA) is 73.3 Å². The Hall–Kier alpha value is -1.27. The van der Waals surface area contributed by atoms with Crippen molar-refractivity contribution in [2.24, 2.45) is 5.73 Å². The number of Topliss-reactive ketones (excluding diaryl/α,β-unsaturated/α-hetero) is 1. The number of imidazole rings is 1. The summed E-state index contributed by atoms with van der Waals surface area (Å²) >= 11 is 3.23. The van der Waals surface area contributed by atoms with E-state index in [1.54, 1.807) is 29.8 Å². The van der Waals surface area contributed by atoms with Crippen molar-refractivity contribution in [1.29, 1.82) is 0 Å². The van der Waals surface area contributed by atoms with E-state index in [0.29, 0.717) is 16.1 Å². The lowest BCUT2D eigenvalue weighted by Gasteiger charge is -2.03. The van der Waals surface area contributed by atoms with Crippen LogP contribution in [-0.2, 0) is 0 Å². The zero-order chi connectivity index (χ0) is 11.0. The number of hydrogen-bond donors (Lipinski definition) is 1. The molecule has 0 aliphatic heterocycles. The maximum atomic E-state index is 11.8. The van der Waals surface area contributed by atoms with Gasteiger partial charge in [0.25, 0.3) is 0 Å². The molecular weight excluding hydrogens is 260 g/mol.